The van der Waals surface area contributed by atoms with Crippen molar-refractivity contribution in [1.82, 2.24) is 15.0 Å². The summed E-state index contributed by atoms with van der Waals surface area (Å²) in [6.07, 6.45) is 0. The molecule has 262 valence electrons. The minimum absolute atomic E-state index is 0.714. The zero-order valence-corrected chi connectivity index (χ0v) is 30.5. The molecular weight excluding hydrogens is 679 g/mol. The number of benzene rings is 8. The van der Waals surface area contributed by atoms with Gasteiger partial charge in [0.05, 0.1) is 22.6 Å². The second-order valence-electron chi connectivity index (χ2n) is 14.0. The molecule has 0 fully saturated rings. The second-order valence-corrected chi connectivity index (χ2v) is 14.0. The van der Waals surface area contributed by atoms with E-state index >= 15 is 0 Å². The van der Waals surface area contributed by atoms with Crippen LogP contribution in [0.25, 0.3) is 100 Å². The van der Waals surface area contributed by atoms with Gasteiger partial charge in [-0.1, -0.05) is 194 Å². The maximum Gasteiger partial charge on any atom is 0.160 e. The number of pyridine rings is 1. The molecule has 0 saturated carbocycles. The van der Waals surface area contributed by atoms with Crippen molar-refractivity contribution in [3.8, 4) is 78.5 Å². The standard InChI is InChI=1S/C53H35N3/c1-5-14-36(15-6-1)44-32-33-48-47(34-44)51-45(22-13-23-46(51)52(54-48)42-18-9-3-10-19-42)39-28-24-37(25-29-39)38-26-30-41(31-27-38)50-35-49(40-16-7-2-8-17-40)55-53(56-50)43-20-11-4-12-21-43/h1-35H. The van der Waals surface area contributed by atoms with Crippen molar-refractivity contribution >= 4 is 21.7 Å². The predicted octanol–water partition coefficient (Wildman–Crippen LogP) is 13.8. The van der Waals surface area contributed by atoms with E-state index in [9.17, 15) is 0 Å². The van der Waals surface area contributed by atoms with E-state index in [1.54, 1.807) is 0 Å². The summed E-state index contributed by atoms with van der Waals surface area (Å²) in [6, 6.07) is 74.6. The number of rotatable bonds is 7. The molecule has 10 aromatic rings. The molecule has 10 rings (SSSR count). The summed E-state index contributed by atoms with van der Waals surface area (Å²) >= 11 is 0. The van der Waals surface area contributed by atoms with Gasteiger partial charge in [0, 0.05) is 38.4 Å². The van der Waals surface area contributed by atoms with Crippen molar-refractivity contribution < 1.29 is 0 Å². The molecular formula is C53H35N3. The summed E-state index contributed by atoms with van der Waals surface area (Å²) in [5, 5.41) is 3.49. The zero-order chi connectivity index (χ0) is 37.3. The van der Waals surface area contributed by atoms with E-state index in [0.29, 0.717) is 5.82 Å². The van der Waals surface area contributed by atoms with Crippen LogP contribution in [0.4, 0.5) is 0 Å². The minimum Gasteiger partial charge on any atom is -0.247 e. The second kappa shape index (κ2) is 14.4. The fourth-order valence-electron chi connectivity index (χ4n) is 7.66. The lowest BCUT2D eigenvalue weighted by atomic mass is 9.91. The van der Waals surface area contributed by atoms with Gasteiger partial charge in [-0.3, -0.25) is 0 Å². The third-order valence-electron chi connectivity index (χ3n) is 10.5. The lowest BCUT2D eigenvalue weighted by molar-refractivity contribution is 1.18. The molecule has 0 aliphatic rings. The molecule has 0 atom stereocenters. The number of aromatic nitrogens is 3. The highest BCUT2D eigenvalue weighted by Gasteiger charge is 2.16. The molecule has 56 heavy (non-hydrogen) atoms. The third-order valence-corrected chi connectivity index (χ3v) is 10.5. The zero-order valence-electron chi connectivity index (χ0n) is 30.5. The van der Waals surface area contributed by atoms with Crippen LogP contribution in [0.15, 0.2) is 212 Å². The summed E-state index contributed by atoms with van der Waals surface area (Å²) in [7, 11) is 0. The summed E-state index contributed by atoms with van der Waals surface area (Å²) in [5.41, 5.74) is 15.0. The molecule has 0 aliphatic heterocycles. The number of hydrogen-bond donors (Lipinski definition) is 0. The van der Waals surface area contributed by atoms with Gasteiger partial charge in [-0.2, -0.15) is 0 Å². The molecule has 0 saturated heterocycles. The molecule has 0 bridgehead atoms. The smallest absolute Gasteiger partial charge is 0.160 e. The fourth-order valence-corrected chi connectivity index (χ4v) is 7.66. The highest BCUT2D eigenvalue weighted by Crippen LogP contribution is 2.40. The SMILES string of the molecule is c1ccc(-c2ccc3nc(-c4ccccc4)c4cccc(-c5ccc(-c6ccc(-c7cc(-c8ccccc8)nc(-c8ccccc8)n7)cc6)cc5)c4c3c2)cc1. The summed E-state index contributed by atoms with van der Waals surface area (Å²) in [4.78, 5) is 15.2. The van der Waals surface area contributed by atoms with Gasteiger partial charge in [0.25, 0.3) is 0 Å². The van der Waals surface area contributed by atoms with Gasteiger partial charge in [0.1, 0.15) is 0 Å². The van der Waals surface area contributed by atoms with Crippen molar-refractivity contribution in [2.75, 3.05) is 0 Å². The van der Waals surface area contributed by atoms with Crippen LogP contribution < -0.4 is 0 Å². The van der Waals surface area contributed by atoms with Gasteiger partial charge in [-0.25, -0.2) is 15.0 Å². The fraction of sp³-hybridized carbons (Fsp3) is 0. The Morgan fingerprint density at radius 1 is 0.268 bits per heavy atom. The van der Waals surface area contributed by atoms with Gasteiger partial charge in [0.2, 0.25) is 0 Å². The third kappa shape index (κ3) is 6.31. The molecule has 0 amide bonds. The quantitative estimate of drug-likeness (QED) is 0.154. The predicted molar refractivity (Wildman–Crippen MR) is 233 cm³/mol. The Bertz CT molecular complexity index is 2900. The van der Waals surface area contributed by atoms with Crippen LogP contribution in [-0.2, 0) is 0 Å². The maximum atomic E-state index is 5.26. The van der Waals surface area contributed by atoms with Gasteiger partial charge in [-0.15, -0.1) is 0 Å². The normalized spacial score (nSPS) is 11.2. The van der Waals surface area contributed by atoms with Crippen LogP contribution in [0.2, 0.25) is 0 Å². The first kappa shape index (κ1) is 33.1. The molecule has 0 spiro atoms. The van der Waals surface area contributed by atoms with Crippen molar-refractivity contribution in [2.24, 2.45) is 0 Å². The van der Waals surface area contributed by atoms with E-state index < -0.39 is 0 Å². The van der Waals surface area contributed by atoms with E-state index in [1.807, 2.05) is 36.4 Å². The summed E-state index contributed by atoms with van der Waals surface area (Å²) < 4.78 is 0. The maximum absolute atomic E-state index is 5.26. The van der Waals surface area contributed by atoms with Gasteiger partial charge in [-0.05, 0) is 51.6 Å². The van der Waals surface area contributed by atoms with Crippen molar-refractivity contribution in [1.29, 1.82) is 0 Å². The number of hydrogen-bond acceptors (Lipinski definition) is 3. The Balaban J connectivity index is 1.04. The Kier molecular flexibility index (Phi) is 8.51. The van der Waals surface area contributed by atoms with E-state index in [1.165, 1.54) is 22.1 Å². The minimum atomic E-state index is 0.714. The molecule has 2 heterocycles. The van der Waals surface area contributed by atoms with Crippen LogP contribution in [0.1, 0.15) is 0 Å². The van der Waals surface area contributed by atoms with Crippen molar-refractivity contribution in [3.05, 3.63) is 212 Å². The average molecular weight is 714 g/mol. The number of nitrogens with zero attached hydrogens (tertiary/aromatic N) is 3. The highest BCUT2D eigenvalue weighted by atomic mass is 14.9. The first-order chi connectivity index (χ1) is 27.7. The lowest BCUT2D eigenvalue weighted by Crippen LogP contribution is -1.95. The molecule has 3 nitrogen and oxygen atoms in total. The summed E-state index contributed by atoms with van der Waals surface area (Å²) in [5.74, 6) is 0.714. The molecule has 0 unspecified atom stereocenters. The van der Waals surface area contributed by atoms with Crippen LogP contribution in [-0.4, -0.2) is 15.0 Å². The molecule has 8 aromatic carbocycles. The Hall–Kier alpha value is -7.49. The molecule has 0 aliphatic carbocycles. The first-order valence-electron chi connectivity index (χ1n) is 18.9. The Morgan fingerprint density at radius 3 is 1.34 bits per heavy atom. The van der Waals surface area contributed by atoms with Gasteiger partial charge < -0.3 is 0 Å². The monoisotopic (exact) mass is 713 g/mol. The van der Waals surface area contributed by atoms with Crippen LogP contribution in [0.5, 0.6) is 0 Å². The van der Waals surface area contributed by atoms with E-state index in [0.717, 1.165) is 72.3 Å². The van der Waals surface area contributed by atoms with E-state index in [-0.39, 0.29) is 0 Å². The summed E-state index contributed by atoms with van der Waals surface area (Å²) in [6.45, 7) is 0. The Morgan fingerprint density at radius 2 is 0.732 bits per heavy atom. The van der Waals surface area contributed by atoms with Crippen LogP contribution in [0, 0.1) is 0 Å². The molecule has 0 radical (unpaired) electrons. The van der Waals surface area contributed by atoms with Crippen LogP contribution >= 0.6 is 0 Å². The molecule has 0 N–H and O–H groups in total. The molecule has 2 aromatic heterocycles. The van der Waals surface area contributed by atoms with Gasteiger partial charge in [0.15, 0.2) is 5.82 Å². The average Bonchev–Trinajstić information content (AvgIpc) is 3.29. The van der Waals surface area contributed by atoms with E-state index in [2.05, 4.69) is 176 Å². The first-order valence-corrected chi connectivity index (χ1v) is 18.9. The highest BCUT2D eigenvalue weighted by molar-refractivity contribution is 6.17. The lowest BCUT2D eigenvalue weighted by Gasteiger charge is -2.15. The van der Waals surface area contributed by atoms with Crippen molar-refractivity contribution in [2.45, 2.75) is 0 Å². The van der Waals surface area contributed by atoms with Crippen molar-refractivity contribution in [3.63, 3.8) is 0 Å². The topological polar surface area (TPSA) is 38.7 Å². The van der Waals surface area contributed by atoms with E-state index in [4.69, 9.17) is 15.0 Å². The van der Waals surface area contributed by atoms with Gasteiger partial charge >= 0.3 is 0 Å². The largest absolute Gasteiger partial charge is 0.247 e. The number of fused-ring (bicyclic) bond motifs is 3. The van der Waals surface area contributed by atoms with Crippen LogP contribution in [0.3, 0.4) is 0 Å². The Labute approximate surface area is 326 Å². The molecule has 3 heteroatoms.